The number of aryl methyl sites for hydroxylation is 1. The van der Waals surface area contributed by atoms with E-state index >= 15 is 0 Å². The molecule has 3 rings (SSSR count). The molecule has 2 aromatic rings. The van der Waals surface area contributed by atoms with Crippen molar-refractivity contribution in [3.63, 3.8) is 0 Å². The van der Waals surface area contributed by atoms with Crippen LogP contribution in [0.1, 0.15) is 36.5 Å². The normalized spacial score (nSPS) is 15.8. The summed E-state index contributed by atoms with van der Waals surface area (Å²) >= 11 is 1.60. The lowest BCUT2D eigenvalue weighted by Gasteiger charge is -2.15. The van der Waals surface area contributed by atoms with E-state index in [0.29, 0.717) is 6.54 Å². The van der Waals surface area contributed by atoms with Gasteiger partial charge in [-0.2, -0.15) is 0 Å². The average molecular weight is 369 g/mol. The lowest BCUT2D eigenvalue weighted by atomic mass is 10.1. The van der Waals surface area contributed by atoms with Gasteiger partial charge in [0.1, 0.15) is 0 Å². The van der Waals surface area contributed by atoms with E-state index in [1.54, 1.807) is 11.8 Å². The monoisotopic (exact) mass is 368 g/mol. The fourth-order valence-electron chi connectivity index (χ4n) is 3.17. The molecule has 0 bridgehead atoms. The number of hydrogen-bond acceptors (Lipinski definition) is 3. The molecule has 1 amide bonds. The van der Waals surface area contributed by atoms with Gasteiger partial charge >= 0.3 is 0 Å². The van der Waals surface area contributed by atoms with Gasteiger partial charge in [0.2, 0.25) is 5.91 Å². The standard InChI is InChI=1S/C22H28N2OS/c1-17-5-11-21(12-6-17)26-18(2)22(25)23-15-19-7-9-20(10-8-19)16-24-13-3-4-14-24/h5-12,18H,3-4,13-16H2,1-2H3,(H,23,25). The summed E-state index contributed by atoms with van der Waals surface area (Å²) in [6, 6.07) is 16.9. The lowest BCUT2D eigenvalue weighted by Crippen LogP contribution is -2.30. The highest BCUT2D eigenvalue weighted by atomic mass is 32.2. The third kappa shape index (κ3) is 5.61. The summed E-state index contributed by atoms with van der Waals surface area (Å²) in [7, 11) is 0. The summed E-state index contributed by atoms with van der Waals surface area (Å²) in [5, 5.41) is 2.95. The zero-order valence-electron chi connectivity index (χ0n) is 15.7. The molecular formula is C22H28N2OS. The van der Waals surface area contributed by atoms with Gasteiger partial charge in [-0.15, -0.1) is 11.8 Å². The Kier molecular flexibility index (Phi) is 6.75. The van der Waals surface area contributed by atoms with Crippen LogP contribution < -0.4 is 5.32 Å². The molecule has 0 spiro atoms. The minimum atomic E-state index is -0.104. The van der Waals surface area contributed by atoms with E-state index in [4.69, 9.17) is 0 Å². The average Bonchev–Trinajstić information content (AvgIpc) is 3.16. The first-order valence-electron chi connectivity index (χ1n) is 9.41. The first kappa shape index (κ1) is 19.0. The maximum Gasteiger partial charge on any atom is 0.233 e. The Labute approximate surface area is 161 Å². The van der Waals surface area contributed by atoms with Crippen molar-refractivity contribution < 1.29 is 4.79 Å². The summed E-state index contributed by atoms with van der Waals surface area (Å²) in [4.78, 5) is 16.0. The van der Waals surface area contributed by atoms with Crippen molar-refractivity contribution in [3.05, 3.63) is 65.2 Å². The van der Waals surface area contributed by atoms with Crippen molar-refractivity contribution in [1.82, 2.24) is 10.2 Å². The number of rotatable bonds is 7. The highest BCUT2D eigenvalue weighted by molar-refractivity contribution is 8.00. The largest absolute Gasteiger partial charge is 0.351 e. The molecule has 0 saturated carbocycles. The summed E-state index contributed by atoms with van der Waals surface area (Å²) < 4.78 is 0. The number of carbonyl (C=O) groups is 1. The van der Waals surface area contributed by atoms with Gasteiger partial charge in [0.25, 0.3) is 0 Å². The van der Waals surface area contributed by atoms with Crippen LogP contribution in [0.25, 0.3) is 0 Å². The number of likely N-dealkylation sites (tertiary alicyclic amines) is 1. The predicted molar refractivity (Wildman–Crippen MR) is 109 cm³/mol. The van der Waals surface area contributed by atoms with Crippen LogP contribution in [0, 0.1) is 6.92 Å². The van der Waals surface area contributed by atoms with E-state index in [9.17, 15) is 4.79 Å². The maximum atomic E-state index is 12.3. The van der Waals surface area contributed by atoms with Gasteiger partial charge < -0.3 is 5.32 Å². The second-order valence-electron chi connectivity index (χ2n) is 7.09. The molecule has 2 aromatic carbocycles. The molecule has 1 unspecified atom stereocenters. The van der Waals surface area contributed by atoms with Crippen LogP contribution in [0.15, 0.2) is 53.4 Å². The molecule has 1 saturated heterocycles. The summed E-state index contributed by atoms with van der Waals surface area (Å²) in [6.45, 7) is 8.08. The molecule has 1 aliphatic rings. The highest BCUT2D eigenvalue weighted by Crippen LogP contribution is 2.23. The molecule has 3 nitrogen and oxygen atoms in total. The fraction of sp³-hybridized carbons (Fsp3) is 0.409. The van der Waals surface area contributed by atoms with E-state index in [-0.39, 0.29) is 11.2 Å². The second-order valence-corrected chi connectivity index (χ2v) is 8.50. The van der Waals surface area contributed by atoms with E-state index in [2.05, 4.69) is 65.7 Å². The number of carbonyl (C=O) groups excluding carboxylic acids is 1. The number of thioether (sulfide) groups is 1. The number of hydrogen-bond donors (Lipinski definition) is 1. The minimum absolute atomic E-state index is 0.0803. The van der Waals surface area contributed by atoms with Crippen LogP contribution in [-0.2, 0) is 17.9 Å². The van der Waals surface area contributed by atoms with Crippen LogP contribution in [0.5, 0.6) is 0 Å². The topological polar surface area (TPSA) is 32.3 Å². The zero-order valence-corrected chi connectivity index (χ0v) is 16.5. The van der Waals surface area contributed by atoms with E-state index in [0.717, 1.165) is 17.0 Å². The van der Waals surface area contributed by atoms with Crippen molar-refractivity contribution in [3.8, 4) is 0 Å². The highest BCUT2D eigenvalue weighted by Gasteiger charge is 2.14. The van der Waals surface area contributed by atoms with Crippen molar-refractivity contribution in [1.29, 1.82) is 0 Å². The number of benzene rings is 2. The van der Waals surface area contributed by atoms with Crippen molar-refractivity contribution in [2.24, 2.45) is 0 Å². The predicted octanol–water partition coefficient (Wildman–Crippen LogP) is 4.39. The second kappa shape index (κ2) is 9.24. The van der Waals surface area contributed by atoms with E-state index in [1.807, 2.05) is 6.92 Å². The first-order valence-corrected chi connectivity index (χ1v) is 10.3. The number of amides is 1. The van der Waals surface area contributed by atoms with Crippen LogP contribution in [0.3, 0.4) is 0 Å². The van der Waals surface area contributed by atoms with E-state index < -0.39 is 0 Å². The van der Waals surface area contributed by atoms with Gasteiger partial charge in [-0.3, -0.25) is 9.69 Å². The Bertz CT molecular complexity index is 706. The molecule has 0 aromatic heterocycles. The molecule has 1 atom stereocenters. The molecule has 1 N–H and O–H groups in total. The van der Waals surface area contributed by atoms with Gasteiger partial charge in [0, 0.05) is 18.0 Å². The summed E-state index contributed by atoms with van der Waals surface area (Å²) in [6.07, 6.45) is 2.64. The van der Waals surface area contributed by atoms with Gasteiger partial charge in [0.05, 0.1) is 5.25 Å². The molecule has 138 valence electrons. The quantitative estimate of drug-likeness (QED) is 0.736. The molecule has 0 aliphatic carbocycles. The Balaban J connectivity index is 1.45. The van der Waals surface area contributed by atoms with Gasteiger partial charge in [-0.25, -0.2) is 0 Å². The van der Waals surface area contributed by atoms with Crippen LogP contribution in [0.4, 0.5) is 0 Å². The lowest BCUT2D eigenvalue weighted by molar-refractivity contribution is -0.120. The third-order valence-corrected chi connectivity index (χ3v) is 5.91. The van der Waals surface area contributed by atoms with Crippen molar-refractivity contribution in [2.75, 3.05) is 13.1 Å². The van der Waals surface area contributed by atoms with Crippen molar-refractivity contribution in [2.45, 2.75) is 49.9 Å². The van der Waals surface area contributed by atoms with Gasteiger partial charge in [-0.1, -0.05) is 42.0 Å². The SMILES string of the molecule is Cc1ccc(SC(C)C(=O)NCc2ccc(CN3CCCC3)cc2)cc1. The number of nitrogens with zero attached hydrogens (tertiary/aromatic N) is 1. The Morgan fingerprint density at radius 1 is 1.04 bits per heavy atom. The van der Waals surface area contributed by atoms with Crippen LogP contribution in [0.2, 0.25) is 0 Å². The smallest absolute Gasteiger partial charge is 0.233 e. The summed E-state index contributed by atoms with van der Waals surface area (Å²) in [5.74, 6) is 0.0803. The third-order valence-electron chi connectivity index (χ3n) is 4.80. The minimum Gasteiger partial charge on any atom is -0.351 e. The maximum absolute atomic E-state index is 12.3. The Hall–Kier alpha value is -1.78. The molecule has 1 heterocycles. The zero-order chi connectivity index (χ0) is 18.4. The van der Waals surface area contributed by atoms with Gasteiger partial charge in [0.15, 0.2) is 0 Å². The molecule has 1 fully saturated rings. The van der Waals surface area contributed by atoms with Gasteiger partial charge in [-0.05, 0) is 63.0 Å². The number of nitrogens with one attached hydrogen (secondary N) is 1. The Morgan fingerprint density at radius 3 is 2.31 bits per heavy atom. The molecule has 1 aliphatic heterocycles. The molecule has 26 heavy (non-hydrogen) atoms. The van der Waals surface area contributed by atoms with Crippen molar-refractivity contribution >= 4 is 17.7 Å². The van der Waals surface area contributed by atoms with Crippen LogP contribution in [-0.4, -0.2) is 29.1 Å². The fourth-order valence-corrected chi connectivity index (χ4v) is 4.06. The molecule has 4 heteroatoms. The van der Waals surface area contributed by atoms with Crippen LogP contribution >= 0.6 is 11.8 Å². The first-order chi connectivity index (χ1) is 12.6. The molecular weight excluding hydrogens is 340 g/mol. The van der Waals surface area contributed by atoms with E-state index in [1.165, 1.54) is 37.1 Å². The summed E-state index contributed by atoms with van der Waals surface area (Å²) in [5.41, 5.74) is 3.74. The molecule has 0 radical (unpaired) electrons. The Morgan fingerprint density at radius 2 is 1.65 bits per heavy atom.